The third-order valence-corrected chi connectivity index (χ3v) is 13.6. The number of para-hydroxylation sites is 2. The number of aryl methyl sites for hydroxylation is 4. The number of benzene rings is 4. The summed E-state index contributed by atoms with van der Waals surface area (Å²) in [6.07, 6.45) is 2.55. The minimum Gasteiger partial charge on any atom is -0.465 e. The maximum atomic E-state index is 13.5. The number of nitrogens with zero attached hydrogens (tertiary/aromatic N) is 9. The van der Waals surface area contributed by atoms with Gasteiger partial charge in [-0.2, -0.15) is 14.5 Å². The summed E-state index contributed by atoms with van der Waals surface area (Å²) in [6.45, 7) is 17.1. The molecule has 0 fully saturated rings. The highest BCUT2D eigenvalue weighted by molar-refractivity contribution is 9.10. The molecule has 2 N–H and O–H groups in total. The van der Waals surface area contributed by atoms with Gasteiger partial charge in [-0.25, -0.2) is 14.8 Å². The molecule has 83 heavy (non-hydrogen) atoms. The Labute approximate surface area is 487 Å². The van der Waals surface area contributed by atoms with Gasteiger partial charge in [0.15, 0.2) is 5.60 Å². The van der Waals surface area contributed by atoms with Crippen molar-refractivity contribution >= 4 is 71.7 Å². The first kappa shape index (κ1) is 58.2. The lowest BCUT2D eigenvalue weighted by Crippen LogP contribution is -2.31. The molecule has 0 aliphatic rings. The lowest BCUT2D eigenvalue weighted by molar-refractivity contribution is 0.0527. The highest BCUT2D eigenvalue weighted by Gasteiger charge is 2.40. The molecule has 8 aromatic heterocycles. The largest absolute Gasteiger partial charge is 0.465 e. The molecule has 0 radical (unpaired) electrons. The van der Waals surface area contributed by atoms with E-state index in [-0.39, 0.29) is 37.1 Å². The first-order chi connectivity index (χ1) is 39.4. The van der Waals surface area contributed by atoms with E-state index in [2.05, 4.69) is 57.2 Å². The average molecular weight is 1180 g/mol. The molecule has 0 aliphatic carbocycles. The molecule has 19 heteroatoms. The van der Waals surface area contributed by atoms with Gasteiger partial charge in [-0.05, 0) is 162 Å². The van der Waals surface area contributed by atoms with Crippen LogP contribution in [0, 0.1) is 27.7 Å². The van der Waals surface area contributed by atoms with Crippen LogP contribution in [0.3, 0.4) is 0 Å². The fraction of sp³-hybridized carbons (Fsp3) is 0.219. The van der Waals surface area contributed by atoms with Crippen LogP contribution < -0.4 is 9.47 Å². The highest BCUT2D eigenvalue weighted by atomic mass is 79.9. The number of aromatic nitrogens is 10. The minimum absolute atomic E-state index is 0. The first-order valence-electron chi connectivity index (χ1n) is 26.4. The third kappa shape index (κ3) is 12.0. The molecule has 0 aliphatic heterocycles. The van der Waals surface area contributed by atoms with Crippen LogP contribution in [0.4, 0.5) is 4.79 Å². The van der Waals surface area contributed by atoms with Crippen molar-refractivity contribution in [1.82, 2.24) is 49.8 Å². The summed E-state index contributed by atoms with van der Waals surface area (Å²) in [7, 11) is 0. The number of rotatable bonds is 11. The molecule has 0 spiro atoms. The van der Waals surface area contributed by atoms with Crippen LogP contribution in [0.5, 0.6) is 12.0 Å². The predicted molar refractivity (Wildman–Crippen MR) is 322 cm³/mol. The number of aliphatic hydroxyl groups is 1. The summed E-state index contributed by atoms with van der Waals surface area (Å²) in [5, 5.41) is 23.0. The maximum Gasteiger partial charge on any atom is 0.423 e. The van der Waals surface area contributed by atoms with E-state index in [1.807, 2.05) is 119 Å². The Morgan fingerprint density at radius 1 is 0.651 bits per heavy atom. The molecule has 0 saturated carbocycles. The number of imidazole rings is 2. The van der Waals surface area contributed by atoms with Crippen molar-refractivity contribution in [3.05, 3.63) is 202 Å². The van der Waals surface area contributed by atoms with Gasteiger partial charge < -0.3 is 33.3 Å². The summed E-state index contributed by atoms with van der Waals surface area (Å²) >= 11 is 3.32. The van der Waals surface area contributed by atoms with Crippen molar-refractivity contribution in [3.8, 4) is 34.3 Å². The van der Waals surface area contributed by atoms with Crippen LogP contribution in [0.2, 0.25) is 0 Å². The van der Waals surface area contributed by atoms with Crippen molar-refractivity contribution in [2.24, 2.45) is 0 Å². The smallest absolute Gasteiger partial charge is 0.423 e. The van der Waals surface area contributed by atoms with Crippen molar-refractivity contribution < 1.29 is 38.0 Å². The molecular weight excluding hydrogens is 1120 g/mol. The molecule has 0 saturated heterocycles. The Balaban J connectivity index is 0.000000167. The van der Waals surface area contributed by atoms with E-state index < -0.39 is 17.3 Å². The average Bonchev–Trinajstić information content (AvgIpc) is 3.76. The third-order valence-electron chi connectivity index (χ3n) is 13.2. The molecule has 0 amide bonds. The Hall–Kier alpha value is -9.46. The van der Waals surface area contributed by atoms with E-state index >= 15 is 0 Å². The standard InChI is InChI=1S/C29H25N5O3.C25H26N4O5.C9H6BrN.CH4/c1-4-36-28-32-23-16-20(26-17(2)34-37-18(26)3)15-21(27(23)33-28)29(35,24-11-7-8-14-30-24)25-13-12-19-9-5-6-10-22(19)31-25;1-7-32-23-27-21-17(22(30)18-10-8-9-11-26-18)12-16(20-14(2)28-34-15(20)3)13-19(21)29(23)24(31)33-25(4,5)6;10-9-6-5-7-3-1-2-4-8(7)11-9;/h5-16,35H,4H2,1-3H3,(H,32,33);8-13H,7H2,1-6H3;1-6H;1H4. The Kier molecular flexibility index (Phi) is 17.1. The monoisotopic (exact) mass is 1180 g/mol. The molecule has 12 aromatic rings. The fourth-order valence-electron chi connectivity index (χ4n) is 9.62. The predicted octanol–water partition coefficient (Wildman–Crippen LogP) is 14.2. The topological polar surface area (TPSA) is 232 Å². The summed E-state index contributed by atoms with van der Waals surface area (Å²) in [5.41, 5.74) is 7.62. The Morgan fingerprint density at radius 3 is 1.84 bits per heavy atom. The van der Waals surface area contributed by atoms with Crippen LogP contribution >= 0.6 is 15.9 Å². The van der Waals surface area contributed by atoms with Gasteiger partial charge in [-0.1, -0.05) is 78.4 Å². The van der Waals surface area contributed by atoms with Gasteiger partial charge >= 0.3 is 12.1 Å². The molecule has 18 nitrogen and oxygen atoms in total. The quantitative estimate of drug-likeness (QED) is 0.0905. The highest BCUT2D eigenvalue weighted by Crippen LogP contribution is 2.43. The SMILES string of the molecule is Brc1ccc2ccccc2n1.C.CCOc1nc2c(C(=O)c3ccccn3)cc(-c3c(C)noc3C)cc2n1C(=O)OC(C)(C)C.CCOc1nc2c(C(O)(c3ccccn3)c3ccc4ccccc4n3)cc(-c3c(C)noc3C)cc2[nH]1. The second kappa shape index (κ2) is 24.3. The minimum atomic E-state index is -1.72. The van der Waals surface area contributed by atoms with E-state index in [9.17, 15) is 14.7 Å². The van der Waals surface area contributed by atoms with E-state index in [1.54, 1.807) is 83.4 Å². The number of hydrogen-bond donors (Lipinski definition) is 2. The lowest BCUT2D eigenvalue weighted by Gasteiger charge is -2.28. The van der Waals surface area contributed by atoms with Crippen molar-refractivity contribution in [1.29, 1.82) is 0 Å². The first-order valence-corrected chi connectivity index (χ1v) is 27.2. The number of ether oxygens (including phenoxy) is 3. The van der Waals surface area contributed by atoms with Gasteiger partial charge in [0.05, 0.1) is 69.1 Å². The van der Waals surface area contributed by atoms with Crippen LogP contribution in [-0.2, 0) is 10.3 Å². The van der Waals surface area contributed by atoms with Crippen LogP contribution in [0.15, 0.2) is 160 Å². The van der Waals surface area contributed by atoms with Crippen LogP contribution in [0.1, 0.15) is 98.0 Å². The van der Waals surface area contributed by atoms with E-state index in [1.165, 1.54) is 9.95 Å². The molecule has 1 unspecified atom stereocenters. The van der Waals surface area contributed by atoms with Gasteiger partial charge in [-0.3, -0.25) is 14.8 Å². The summed E-state index contributed by atoms with van der Waals surface area (Å²) < 4.78 is 29.9. The van der Waals surface area contributed by atoms with Crippen LogP contribution in [-0.4, -0.2) is 85.6 Å². The number of halogens is 1. The Bertz CT molecular complexity index is 4260. The molecule has 1 atom stereocenters. The number of H-pyrrole nitrogens is 1. The number of aromatic amines is 1. The zero-order valence-corrected chi connectivity index (χ0v) is 48.1. The normalized spacial score (nSPS) is 12.0. The number of pyridine rings is 4. The number of carbonyl (C=O) groups is 2. The molecule has 4 aromatic carbocycles. The number of carbonyl (C=O) groups excluding carboxylic acids is 2. The second-order valence-corrected chi connectivity index (χ2v) is 20.8. The van der Waals surface area contributed by atoms with E-state index in [4.69, 9.17) is 33.2 Å². The molecule has 12 rings (SSSR count). The van der Waals surface area contributed by atoms with Gasteiger partial charge in [0.2, 0.25) is 5.78 Å². The number of ketones is 1. The zero-order valence-electron chi connectivity index (χ0n) is 46.5. The summed E-state index contributed by atoms with van der Waals surface area (Å²) in [5.74, 6) is 0.926. The molecule has 8 heterocycles. The van der Waals surface area contributed by atoms with Gasteiger partial charge in [0.25, 0.3) is 6.01 Å². The summed E-state index contributed by atoms with van der Waals surface area (Å²) in [4.78, 5) is 57.2. The van der Waals surface area contributed by atoms with Gasteiger partial charge in [0, 0.05) is 39.9 Å². The number of hydrogen-bond acceptors (Lipinski definition) is 16. The maximum absolute atomic E-state index is 13.5. The van der Waals surface area contributed by atoms with Crippen molar-refractivity contribution in [3.63, 3.8) is 0 Å². The lowest BCUT2D eigenvalue weighted by atomic mass is 9.83. The summed E-state index contributed by atoms with van der Waals surface area (Å²) in [6, 6.07) is 42.0. The van der Waals surface area contributed by atoms with Crippen LogP contribution in [0.25, 0.3) is 66.1 Å². The van der Waals surface area contributed by atoms with Crippen molar-refractivity contribution in [2.45, 2.75) is 80.9 Å². The second-order valence-electron chi connectivity index (χ2n) is 20.0. The fourth-order valence-corrected chi connectivity index (χ4v) is 9.94. The number of fused-ring (bicyclic) bond motifs is 4. The zero-order chi connectivity index (χ0) is 57.9. The van der Waals surface area contributed by atoms with E-state index in [0.717, 1.165) is 43.4 Å². The molecule has 0 bridgehead atoms. The van der Waals surface area contributed by atoms with Gasteiger partial charge in [-0.15, -0.1) is 0 Å². The molecular formula is C64H61BrN10O8. The number of nitrogens with one attached hydrogen (secondary N) is 1. The molecule has 422 valence electrons. The Morgan fingerprint density at radius 2 is 1.25 bits per heavy atom. The van der Waals surface area contributed by atoms with E-state index in [0.29, 0.717) is 74.4 Å². The van der Waals surface area contributed by atoms with Crippen molar-refractivity contribution in [2.75, 3.05) is 13.2 Å². The van der Waals surface area contributed by atoms with Gasteiger partial charge in [0.1, 0.15) is 32.9 Å².